The number of fused-ring (bicyclic) bond motifs is 2. The number of ketones is 1. The number of rotatable bonds is 10. The number of carbonyl (C=O) groups is 1. The van der Waals surface area contributed by atoms with E-state index in [0.717, 1.165) is 36.0 Å². The molecule has 0 saturated heterocycles. The Hall–Kier alpha value is -6.03. The number of para-hydroxylation sites is 1. The van der Waals surface area contributed by atoms with E-state index in [1.54, 1.807) is 19.1 Å². The maximum Gasteiger partial charge on any atom is 0.296 e. The Morgan fingerprint density at radius 1 is 0.722 bits per heavy atom. The molecule has 0 aromatic heterocycles. The van der Waals surface area contributed by atoms with Crippen molar-refractivity contribution in [3.8, 4) is 11.5 Å². The number of ether oxygens (including phenoxy) is 1. The van der Waals surface area contributed by atoms with Crippen LogP contribution in [-0.4, -0.2) is 62.6 Å². The Morgan fingerprint density at radius 3 is 2.00 bits per heavy atom. The first-order valence-corrected chi connectivity index (χ1v) is 19.6. The normalized spacial score (nSPS) is 14.3. The van der Waals surface area contributed by atoms with Gasteiger partial charge >= 0.3 is 0 Å². The highest BCUT2D eigenvalue weighted by atomic mass is 32.2. The molecule has 0 spiro atoms. The number of aryl methyl sites for hydroxylation is 1. The molecular formula is C34H27N5O12S3. The van der Waals surface area contributed by atoms with E-state index in [0.29, 0.717) is 11.3 Å². The number of hydrogen-bond acceptors (Lipinski definition) is 14. The topological polar surface area (TPSA) is 271 Å². The van der Waals surface area contributed by atoms with Gasteiger partial charge in [-0.3, -0.25) is 23.9 Å². The summed E-state index contributed by atoms with van der Waals surface area (Å²) >= 11 is 0. The smallest absolute Gasteiger partial charge is 0.296 e. The van der Waals surface area contributed by atoms with E-state index < -0.39 is 62.3 Å². The molecule has 0 unspecified atom stereocenters. The van der Waals surface area contributed by atoms with Gasteiger partial charge in [0.2, 0.25) is 5.78 Å². The van der Waals surface area contributed by atoms with Gasteiger partial charge in [0.15, 0.2) is 5.71 Å². The first-order chi connectivity index (χ1) is 25.3. The molecule has 1 aliphatic carbocycles. The fourth-order valence-electron chi connectivity index (χ4n) is 5.46. The van der Waals surface area contributed by atoms with Crippen LogP contribution in [-0.2, 0) is 30.4 Å². The van der Waals surface area contributed by atoms with Crippen LogP contribution in [0.4, 0.5) is 28.4 Å². The van der Waals surface area contributed by atoms with Crippen LogP contribution in [0.5, 0.6) is 11.5 Å². The molecule has 5 aromatic rings. The molecule has 0 atom stereocenters. The third kappa shape index (κ3) is 7.83. The summed E-state index contributed by atoms with van der Waals surface area (Å²) in [6.45, 7) is 1.57. The molecule has 0 heterocycles. The summed E-state index contributed by atoms with van der Waals surface area (Å²) in [6, 6.07) is 19.9. The van der Waals surface area contributed by atoms with Crippen LogP contribution >= 0.6 is 0 Å². The quantitative estimate of drug-likeness (QED) is 0.0507. The van der Waals surface area contributed by atoms with Crippen molar-refractivity contribution in [2.45, 2.75) is 16.7 Å². The molecule has 278 valence electrons. The Bertz CT molecular complexity index is 2820. The van der Waals surface area contributed by atoms with Crippen LogP contribution in [0.1, 0.15) is 21.5 Å². The van der Waals surface area contributed by atoms with Crippen LogP contribution < -0.4 is 15.5 Å². The molecule has 20 heteroatoms. The van der Waals surface area contributed by atoms with Crippen molar-refractivity contribution in [1.82, 2.24) is 0 Å². The van der Waals surface area contributed by atoms with Gasteiger partial charge in [-0.2, -0.15) is 35.5 Å². The van der Waals surface area contributed by atoms with Gasteiger partial charge in [0.05, 0.1) is 39.3 Å². The predicted octanol–water partition coefficient (Wildman–Crippen LogP) is 6.41. The van der Waals surface area contributed by atoms with Crippen molar-refractivity contribution in [3.05, 3.63) is 107 Å². The number of anilines is 3. The summed E-state index contributed by atoms with van der Waals surface area (Å²) in [5, 5.41) is 25.6. The van der Waals surface area contributed by atoms with E-state index in [9.17, 15) is 48.8 Å². The molecule has 5 aromatic carbocycles. The molecule has 0 fully saturated rings. The fraction of sp³-hybridized carbons (Fsp3) is 0.0588. The lowest BCUT2D eigenvalue weighted by Crippen LogP contribution is -2.27. The van der Waals surface area contributed by atoms with Gasteiger partial charge in [0.25, 0.3) is 30.4 Å². The zero-order valence-electron chi connectivity index (χ0n) is 27.8. The number of azo groups is 1. The molecule has 6 rings (SSSR count). The lowest BCUT2D eigenvalue weighted by molar-refractivity contribution is 0.106. The number of Topliss-reactive ketones (excluding diaryl/α,β-unsaturated/α-hetero) is 1. The van der Waals surface area contributed by atoms with Gasteiger partial charge in [-0.15, -0.1) is 5.11 Å². The van der Waals surface area contributed by atoms with E-state index in [2.05, 4.69) is 26.1 Å². The molecule has 0 saturated carbocycles. The van der Waals surface area contributed by atoms with Gasteiger partial charge in [-0.1, -0.05) is 18.2 Å². The Kier molecular flexibility index (Phi) is 9.83. The van der Waals surface area contributed by atoms with Crippen molar-refractivity contribution in [2.24, 2.45) is 15.3 Å². The highest BCUT2D eigenvalue weighted by Crippen LogP contribution is 2.40. The van der Waals surface area contributed by atoms with Gasteiger partial charge in [-0.25, -0.2) is 0 Å². The number of nitrogens with zero attached hydrogens (tertiary/aromatic N) is 3. The molecule has 1 aliphatic rings. The van der Waals surface area contributed by atoms with E-state index in [1.807, 2.05) is 30.3 Å². The largest absolute Gasteiger partial charge is 0.507 e. The number of carbonyl (C=O) groups excluding carboxylic acids is 1. The van der Waals surface area contributed by atoms with Gasteiger partial charge in [-0.05, 0) is 84.1 Å². The third-order valence-corrected chi connectivity index (χ3v) is 10.5. The first kappa shape index (κ1) is 37.7. The number of methoxy groups -OCH3 is 1. The van der Waals surface area contributed by atoms with Crippen LogP contribution in [0, 0.1) is 6.92 Å². The molecule has 0 radical (unpaired) electrons. The number of hydrazone groups is 1. The number of allylic oxidation sites excluding steroid dienone is 1. The summed E-state index contributed by atoms with van der Waals surface area (Å²) in [7, 11) is -13.4. The Balaban J connectivity index is 1.35. The lowest BCUT2D eigenvalue weighted by atomic mass is 9.94. The van der Waals surface area contributed by atoms with Crippen LogP contribution in [0.3, 0.4) is 0 Å². The van der Waals surface area contributed by atoms with Crippen LogP contribution in [0.15, 0.2) is 115 Å². The minimum absolute atomic E-state index is 0.0498. The second kappa shape index (κ2) is 14.1. The van der Waals surface area contributed by atoms with Crippen molar-refractivity contribution in [2.75, 3.05) is 17.9 Å². The molecule has 0 amide bonds. The molecule has 0 bridgehead atoms. The highest BCUT2D eigenvalue weighted by molar-refractivity contribution is 7.91. The zero-order chi connectivity index (χ0) is 39.2. The molecule has 17 nitrogen and oxygen atoms in total. The third-order valence-electron chi connectivity index (χ3n) is 7.99. The second-order valence-corrected chi connectivity index (χ2v) is 15.9. The SMILES string of the molecule is COc1cc(N=Nc2cc(S(=O)(=O)O)cc3cc(S(=O)(=O)O)cc(O)c23)c(C)cc1N/N=C1/C(=O)c2ccc(Nc3ccccc3)cc2C=C1S(=O)(=O)O. The number of phenolic OH excluding ortho intramolecular Hbond substituents is 1. The average Bonchev–Trinajstić information content (AvgIpc) is 3.09. The molecule has 0 aliphatic heterocycles. The average molecular weight is 794 g/mol. The van der Waals surface area contributed by atoms with E-state index in [4.69, 9.17) is 4.74 Å². The summed E-state index contributed by atoms with van der Waals surface area (Å²) in [6.07, 6.45) is 1.12. The first-order valence-electron chi connectivity index (χ1n) is 15.2. The molecular weight excluding hydrogens is 767 g/mol. The van der Waals surface area contributed by atoms with Gasteiger partial charge in [0, 0.05) is 29.1 Å². The number of benzene rings is 5. The summed E-state index contributed by atoms with van der Waals surface area (Å²) < 4.78 is 107. The van der Waals surface area contributed by atoms with E-state index in [1.165, 1.54) is 25.3 Å². The minimum atomic E-state index is -4.95. The van der Waals surface area contributed by atoms with Crippen molar-refractivity contribution < 1.29 is 53.5 Å². The van der Waals surface area contributed by atoms with E-state index in [-0.39, 0.29) is 44.7 Å². The highest BCUT2D eigenvalue weighted by Gasteiger charge is 2.33. The van der Waals surface area contributed by atoms with Crippen molar-refractivity contribution in [3.63, 3.8) is 0 Å². The predicted molar refractivity (Wildman–Crippen MR) is 198 cm³/mol. The second-order valence-electron chi connectivity index (χ2n) is 11.7. The van der Waals surface area contributed by atoms with Gasteiger partial charge in [0.1, 0.15) is 16.4 Å². The van der Waals surface area contributed by atoms with E-state index >= 15 is 0 Å². The summed E-state index contributed by atoms with van der Waals surface area (Å²) in [5.41, 5.74) is 3.92. The summed E-state index contributed by atoms with van der Waals surface area (Å²) in [5.74, 6) is -1.45. The molecule has 54 heavy (non-hydrogen) atoms. The maximum absolute atomic E-state index is 13.6. The zero-order valence-corrected chi connectivity index (χ0v) is 30.2. The van der Waals surface area contributed by atoms with Crippen molar-refractivity contribution >= 4 is 87.1 Å². The Morgan fingerprint density at radius 2 is 1.37 bits per heavy atom. The Labute approximate surface area is 307 Å². The van der Waals surface area contributed by atoms with Crippen LogP contribution in [0.2, 0.25) is 0 Å². The monoisotopic (exact) mass is 793 g/mol. The standard InChI is InChI=1S/C34H27N5O12S3/c1-18-10-27(37-39-33-31(54(48,49)50)14-19-11-22(8-9-25(19)34(33)41)35-21-6-4-3-5-7-21)30(51-2)17-26(18)36-38-28-15-23(52(42,43)44)12-20-13-24(53(45,46)47)16-29(40)32(20)28/h3-17,35,37,40H,1-2H3,(H,42,43,44)(H,45,46,47)(H,48,49,50)/b38-36?,39-33+. The maximum atomic E-state index is 13.6. The number of aromatic hydroxyl groups is 1. The number of hydrogen-bond donors (Lipinski definition) is 6. The lowest BCUT2D eigenvalue weighted by Gasteiger charge is -2.18. The number of nitrogens with one attached hydrogen (secondary N) is 2. The van der Waals surface area contributed by atoms with Gasteiger partial charge < -0.3 is 15.2 Å². The number of phenols is 1. The minimum Gasteiger partial charge on any atom is -0.507 e. The summed E-state index contributed by atoms with van der Waals surface area (Å²) in [4.78, 5) is 11.3. The van der Waals surface area contributed by atoms with Crippen molar-refractivity contribution in [1.29, 1.82) is 0 Å². The molecule has 6 N–H and O–H groups in total. The van der Waals surface area contributed by atoms with Crippen LogP contribution in [0.25, 0.3) is 16.8 Å². The fourth-order valence-corrected chi connectivity index (χ4v) is 7.20.